The molecule has 2 atom stereocenters. The fourth-order valence-corrected chi connectivity index (χ4v) is 4.60. The van der Waals surface area contributed by atoms with Gasteiger partial charge >= 0.3 is 12.1 Å². The van der Waals surface area contributed by atoms with E-state index in [-0.39, 0.29) is 18.1 Å². The zero-order valence-corrected chi connectivity index (χ0v) is 15.6. The Morgan fingerprint density at radius 1 is 1.44 bits per heavy atom. The summed E-state index contributed by atoms with van der Waals surface area (Å²) in [7, 11) is -3.19. The Labute approximate surface area is 154 Å². The van der Waals surface area contributed by atoms with E-state index in [1.165, 1.54) is 11.8 Å². The molecular formula is C15H20F3N3O5S. The quantitative estimate of drug-likeness (QED) is 0.645. The van der Waals surface area contributed by atoms with Crippen LogP contribution in [-0.2, 0) is 36.9 Å². The van der Waals surface area contributed by atoms with Crippen molar-refractivity contribution in [2.75, 3.05) is 18.1 Å². The molecule has 27 heavy (non-hydrogen) atoms. The number of aromatic nitrogens is 2. The van der Waals surface area contributed by atoms with Crippen LogP contribution in [-0.4, -0.2) is 65.2 Å². The summed E-state index contributed by atoms with van der Waals surface area (Å²) in [5.41, 5.74) is -1.14. The number of halogens is 3. The van der Waals surface area contributed by atoms with Gasteiger partial charge in [-0.05, 0) is 26.3 Å². The molecule has 0 aromatic carbocycles. The van der Waals surface area contributed by atoms with E-state index in [4.69, 9.17) is 4.74 Å². The Bertz CT molecular complexity index is 806. The third-order valence-corrected chi connectivity index (χ3v) is 5.90. The van der Waals surface area contributed by atoms with Crippen molar-refractivity contribution in [3.05, 3.63) is 18.0 Å². The second-order valence-corrected chi connectivity index (χ2v) is 8.44. The molecular weight excluding hydrogens is 391 g/mol. The lowest BCUT2D eigenvalue weighted by Crippen LogP contribution is -2.46. The lowest BCUT2D eigenvalue weighted by molar-refractivity contribution is -0.160. The molecule has 1 aliphatic heterocycles. The van der Waals surface area contributed by atoms with Crippen molar-refractivity contribution in [1.82, 2.24) is 14.7 Å². The summed E-state index contributed by atoms with van der Waals surface area (Å²) < 4.78 is 66.4. The summed E-state index contributed by atoms with van der Waals surface area (Å²) in [4.78, 5) is 25.7. The molecule has 0 spiro atoms. The van der Waals surface area contributed by atoms with Crippen molar-refractivity contribution in [3.63, 3.8) is 0 Å². The number of sulfone groups is 1. The van der Waals surface area contributed by atoms with E-state index in [9.17, 15) is 31.2 Å². The number of rotatable bonds is 6. The highest BCUT2D eigenvalue weighted by molar-refractivity contribution is 7.91. The minimum absolute atomic E-state index is 0.00352. The van der Waals surface area contributed by atoms with Crippen LogP contribution in [0.25, 0.3) is 0 Å². The lowest BCUT2D eigenvalue weighted by atomic mass is 10.2. The third kappa shape index (κ3) is 5.44. The average Bonchev–Trinajstić information content (AvgIpc) is 3.14. The van der Waals surface area contributed by atoms with Gasteiger partial charge in [-0.1, -0.05) is 0 Å². The molecule has 0 N–H and O–H groups in total. The van der Waals surface area contributed by atoms with Gasteiger partial charge in [0.25, 0.3) is 5.91 Å². The van der Waals surface area contributed by atoms with Gasteiger partial charge < -0.3 is 9.64 Å². The van der Waals surface area contributed by atoms with Gasteiger partial charge in [0.2, 0.25) is 0 Å². The monoisotopic (exact) mass is 411 g/mol. The van der Waals surface area contributed by atoms with Crippen LogP contribution in [0.15, 0.2) is 12.3 Å². The second kappa shape index (κ2) is 7.87. The summed E-state index contributed by atoms with van der Waals surface area (Å²) in [6, 6.07) is 0.246. The Kier molecular flexibility index (Phi) is 6.17. The number of alkyl halides is 3. The molecule has 0 bridgehead atoms. The maximum Gasteiger partial charge on any atom is 0.435 e. The van der Waals surface area contributed by atoms with Crippen LogP contribution in [0.1, 0.15) is 26.0 Å². The smallest absolute Gasteiger partial charge is 0.435 e. The molecule has 1 amide bonds. The molecule has 1 aliphatic rings. The number of hydrogen-bond donors (Lipinski definition) is 0. The van der Waals surface area contributed by atoms with Crippen molar-refractivity contribution >= 4 is 21.7 Å². The number of amides is 1. The summed E-state index contributed by atoms with van der Waals surface area (Å²) >= 11 is 0. The molecule has 0 saturated carbocycles. The highest BCUT2D eigenvalue weighted by atomic mass is 32.2. The van der Waals surface area contributed by atoms with Crippen LogP contribution in [0.4, 0.5) is 13.2 Å². The van der Waals surface area contributed by atoms with E-state index < -0.39 is 52.3 Å². The molecule has 0 radical (unpaired) electrons. The molecule has 12 heteroatoms. The van der Waals surface area contributed by atoms with Crippen LogP contribution >= 0.6 is 0 Å². The fourth-order valence-electron chi connectivity index (χ4n) is 2.87. The normalized spacial score (nSPS) is 20.3. The molecule has 0 aliphatic carbocycles. The largest absolute Gasteiger partial charge is 0.451 e. The minimum Gasteiger partial charge on any atom is -0.451 e. The van der Waals surface area contributed by atoms with Crippen molar-refractivity contribution in [1.29, 1.82) is 0 Å². The first-order chi connectivity index (χ1) is 12.4. The van der Waals surface area contributed by atoms with Crippen LogP contribution in [0.2, 0.25) is 0 Å². The topological polar surface area (TPSA) is 98.6 Å². The van der Waals surface area contributed by atoms with E-state index >= 15 is 0 Å². The maximum atomic E-state index is 12.5. The van der Waals surface area contributed by atoms with Crippen LogP contribution < -0.4 is 0 Å². The van der Waals surface area contributed by atoms with Crippen molar-refractivity contribution in [3.8, 4) is 0 Å². The standard InChI is InChI=1S/C15H20F3N3O5S/c1-3-21(11-5-7-27(24,25)9-11)14(23)10(2)26-13(22)8-20-6-4-12(19-20)15(16,17)18/h4,6,10-11H,3,5,7-9H2,1-2H3. The summed E-state index contributed by atoms with van der Waals surface area (Å²) in [6.07, 6.45) is -4.52. The van der Waals surface area contributed by atoms with Gasteiger partial charge in [-0.2, -0.15) is 18.3 Å². The minimum atomic E-state index is -4.62. The zero-order chi connectivity index (χ0) is 20.4. The van der Waals surface area contributed by atoms with E-state index in [0.29, 0.717) is 6.42 Å². The third-order valence-electron chi connectivity index (χ3n) is 4.15. The first kappa shape index (κ1) is 21.2. The second-order valence-electron chi connectivity index (χ2n) is 6.21. The average molecular weight is 411 g/mol. The van der Waals surface area contributed by atoms with E-state index in [2.05, 4.69) is 5.10 Å². The molecule has 152 valence electrons. The van der Waals surface area contributed by atoms with Crippen molar-refractivity contribution < 1.29 is 35.9 Å². The van der Waals surface area contributed by atoms with E-state index in [1.54, 1.807) is 6.92 Å². The molecule has 2 rings (SSSR count). The maximum absolute atomic E-state index is 12.5. The molecule has 1 saturated heterocycles. The van der Waals surface area contributed by atoms with Gasteiger partial charge in [0.15, 0.2) is 21.6 Å². The molecule has 8 nitrogen and oxygen atoms in total. The SMILES string of the molecule is CCN(C(=O)C(C)OC(=O)Cn1ccc(C(F)(F)F)n1)C1CCS(=O)(=O)C1. The van der Waals surface area contributed by atoms with Crippen LogP contribution in [0.3, 0.4) is 0 Å². The van der Waals surface area contributed by atoms with Crippen molar-refractivity contribution in [2.24, 2.45) is 0 Å². The van der Waals surface area contributed by atoms with Gasteiger partial charge in [-0.25, -0.2) is 8.42 Å². The molecule has 2 heterocycles. The lowest BCUT2D eigenvalue weighted by Gasteiger charge is -2.29. The summed E-state index contributed by atoms with van der Waals surface area (Å²) in [6.45, 7) is 2.67. The number of ether oxygens (including phenoxy) is 1. The van der Waals surface area contributed by atoms with E-state index in [1.807, 2.05) is 0 Å². The Morgan fingerprint density at radius 2 is 2.11 bits per heavy atom. The Morgan fingerprint density at radius 3 is 2.59 bits per heavy atom. The molecule has 1 aromatic rings. The number of carbonyl (C=O) groups is 2. The van der Waals surface area contributed by atoms with Crippen molar-refractivity contribution in [2.45, 2.75) is 45.1 Å². The highest BCUT2D eigenvalue weighted by Gasteiger charge is 2.36. The number of nitrogens with zero attached hydrogens (tertiary/aromatic N) is 3. The van der Waals surface area contributed by atoms with E-state index in [0.717, 1.165) is 16.9 Å². The number of carbonyl (C=O) groups excluding carboxylic acids is 2. The summed E-state index contributed by atoms with van der Waals surface area (Å²) in [5, 5.41) is 3.23. The zero-order valence-electron chi connectivity index (χ0n) is 14.8. The Hall–Kier alpha value is -2.11. The highest BCUT2D eigenvalue weighted by Crippen LogP contribution is 2.27. The Balaban J connectivity index is 1.94. The van der Waals surface area contributed by atoms with Crippen LogP contribution in [0.5, 0.6) is 0 Å². The van der Waals surface area contributed by atoms with Gasteiger partial charge in [0, 0.05) is 18.8 Å². The molecule has 1 fully saturated rings. The number of likely N-dealkylation sites (N-methyl/N-ethyl adjacent to an activating group) is 1. The predicted molar refractivity (Wildman–Crippen MR) is 87.2 cm³/mol. The van der Waals surface area contributed by atoms with Gasteiger partial charge in [0.1, 0.15) is 6.54 Å². The first-order valence-corrected chi connectivity index (χ1v) is 10.1. The van der Waals surface area contributed by atoms with Gasteiger partial charge in [-0.15, -0.1) is 0 Å². The van der Waals surface area contributed by atoms with Crippen LogP contribution in [0, 0.1) is 0 Å². The number of esters is 1. The fraction of sp³-hybridized carbons (Fsp3) is 0.667. The van der Waals surface area contributed by atoms with Gasteiger partial charge in [-0.3, -0.25) is 14.3 Å². The van der Waals surface area contributed by atoms with Gasteiger partial charge in [0.05, 0.1) is 11.5 Å². The first-order valence-electron chi connectivity index (χ1n) is 8.24. The predicted octanol–water partition coefficient (Wildman–Crippen LogP) is 0.869. The molecule has 1 aromatic heterocycles. The summed E-state index contributed by atoms with van der Waals surface area (Å²) in [5.74, 6) is -1.62. The number of hydrogen-bond acceptors (Lipinski definition) is 6. The molecule has 2 unspecified atom stereocenters.